The second kappa shape index (κ2) is 6.36. The molecule has 1 atom stereocenters. The number of rotatable bonds is 3. The molecule has 0 saturated heterocycles. The predicted molar refractivity (Wildman–Crippen MR) is 71.9 cm³/mol. The van der Waals surface area contributed by atoms with Crippen molar-refractivity contribution in [2.45, 2.75) is 12.5 Å². The van der Waals surface area contributed by atoms with Crippen LogP contribution in [0.4, 0.5) is 0 Å². The van der Waals surface area contributed by atoms with Crippen molar-refractivity contribution in [3.8, 4) is 5.75 Å². The van der Waals surface area contributed by atoms with Gasteiger partial charge in [0.2, 0.25) is 0 Å². The fourth-order valence-electron chi connectivity index (χ4n) is 1.79. The van der Waals surface area contributed by atoms with Gasteiger partial charge in [-0.3, -0.25) is 0 Å². The highest BCUT2D eigenvalue weighted by Crippen LogP contribution is 2.17. The van der Waals surface area contributed by atoms with E-state index >= 15 is 0 Å². The first-order valence-corrected chi connectivity index (χ1v) is 6.16. The highest BCUT2D eigenvalue weighted by atomic mass is 35.5. The van der Waals surface area contributed by atoms with Crippen molar-refractivity contribution in [2.75, 3.05) is 6.54 Å². The predicted octanol–water partition coefficient (Wildman–Crippen LogP) is 1.99. The van der Waals surface area contributed by atoms with Gasteiger partial charge in [-0.1, -0.05) is 22.8 Å². The summed E-state index contributed by atoms with van der Waals surface area (Å²) in [6.45, 7) is 0.670. The third-order valence-electron chi connectivity index (χ3n) is 2.68. The number of halogens is 1. The molecule has 0 aliphatic carbocycles. The number of benzene rings is 1. The minimum Gasteiger partial charge on any atom is -0.425 e. The summed E-state index contributed by atoms with van der Waals surface area (Å²) in [5.74, 6) is -0.0322. The summed E-state index contributed by atoms with van der Waals surface area (Å²) >= 11 is 5.75. The van der Waals surface area contributed by atoms with Crippen molar-refractivity contribution < 1.29 is 14.7 Å². The lowest BCUT2D eigenvalue weighted by molar-refractivity contribution is -0.135. The Balaban J connectivity index is 2.08. The van der Waals surface area contributed by atoms with Gasteiger partial charge in [-0.05, 0) is 42.8 Å². The van der Waals surface area contributed by atoms with Crippen LogP contribution in [0.25, 0.3) is 0 Å². The van der Waals surface area contributed by atoms with Gasteiger partial charge >= 0.3 is 5.97 Å². The molecule has 19 heavy (non-hydrogen) atoms. The summed E-state index contributed by atoms with van der Waals surface area (Å²) in [6, 6.07) is 5.90. The normalized spacial score (nSPS) is 19.2. The Bertz CT molecular complexity index is 511. The molecule has 1 heterocycles. The molecule has 2 rings (SSSR count). The third kappa shape index (κ3) is 3.56. The lowest BCUT2D eigenvalue weighted by atomic mass is 10.0. The van der Waals surface area contributed by atoms with Crippen LogP contribution in [0.5, 0.6) is 5.75 Å². The minimum atomic E-state index is -0.625. The molecule has 0 spiro atoms. The molecular weight excluding hydrogens is 268 g/mol. The molecule has 0 saturated carbocycles. The van der Waals surface area contributed by atoms with Gasteiger partial charge in [0.15, 0.2) is 0 Å². The molecule has 2 N–H and O–H groups in total. The van der Waals surface area contributed by atoms with E-state index in [4.69, 9.17) is 21.5 Å². The molecule has 1 aromatic rings. The average molecular weight is 281 g/mol. The summed E-state index contributed by atoms with van der Waals surface area (Å²) < 4.78 is 5.24. The SMILES string of the molecule is O=C(Oc1ccc(Cl)cc1)C1NCCC=C1C=NO. The van der Waals surface area contributed by atoms with Gasteiger partial charge in [-0.25, -0.2) is 4.79 Å². The Morgan fingerprint density at radius 2 is 2.21 bits per heavy atom. The number of ether oxygens (including phenoxy) is 1. The second-order valence-electron chi connectivity index (χ2n) is 4.00. The molecule has 0 bridgehead atoms. The van der Waals surface area contributed by atoms with Gasteiger partial charge in [-0.15, -0.1) is 0 Å². The lowest BCUT2D eigenvalue weighted by Gasteiger charge is -2.21. The Labute approximate surface area is 115 Å². The van der Waals surface area contributed by atoms with E-state index in [2.05, 4.69) is 10.5 Å². The van der Waals surface area contributed by atoms with Crippen LogP contribution in [0, 0.1) is 0 Å². The highest BCUT2D eigenvalue weighted by Gasteiger charge is 2.25. The summed E-state index contributed by atoms with van der Waals surface area (Å²) in [5, 5.41) is 15.1. The van der Waals surface area contributed by atoms with Crippen molar-refractivity contribution in [3.63, 3.8) is 0 Å². The van der Waals surface area contributed by atoms with Gasteiger partial charge in [0.1, 0.15) is 11.8 Å². The quantitative estimate of drug-likeness (QED) is 0.292. The van der Waals surface area contributed by atoms with Crippen LogP contribution < -0.4 is 10.1 Å². The Kier molecular flexibility index (Phi) is 4.54. The van der Waals surface area contributed by atoms with Gasteiger partial charge < -0.3 is 15.3 Å². The topological polar surface area (TPSA) is 70.9 Å². The number of hydrogen-bond acceptors (Lipinski definition) is 5. The number of nitrogens with zero attached hydrogens (tertiary/aromatic N) is 1. The van der Waals surface area contributed by atoms with E-state index in [-0.39, 0.29) is 0 Å². The first-order chi connectivity index (χ1) is 9.20. The second-order valence-corrected chi connectivity index (χ2v) is 4.44. The summed E-state index contributed by atoms with van der Waals surface area (Å²) in [4.78, 5) is 12.0. The molecule has 1 aliphatic heterocycles. The number of carbonyl (C=O) groups is 1. The standard InChI is InChI=1S/C13H13ClN2O3/c14-10-3-5-11(6-4-10)19-13(17)12-9(8-16-18)2-1-7-15-12/h2-6,8,12,15,18H,1,7H2. The Morgan fingerprint density at radius 3 is 2.89 bits per heavy atom. The molecule has 100 valence electrons. The van der Waals surface area contributed by atoms with E-state index in [1.165, 1.54) is 6.21 Å². The van der Waals surface area contributed by atoms with Crippen molar-refractivity contribution in [3.05, 3.63) is 40.9 Å². The zero-order chi connectivity index (χ0) is 13.7. The largest absolute Gasteiger partial charge is 0.425 e. The molecule has 1 aliphatic rings. The van der Waals surface area contributed by atoms with Crippen LogP contribution in [0.1, 0.15) is 6.42 Å². The molecule has 0 radical (unpaired) electrons. The maximum atomic E-state index is 12.0. The van der Waals surface area contributed by atoms with E-state index in [9.17, 15) is 4.79 Å². The van der Waals surface area contributed by atoms with Crippen molar-refractivity contribution in [1.82, 2.24) is 5.32 Å². The van der Waals surface area contributed by atoms with Gasteiger partial charge in [0, 0.05) is 5.02 Å². The van der Waals surface area contributed by atoms with Crippen LogP contribution in [-0.2, 0) is 4.79 Å². The molecular formula is C13H13ClN2O3. The van der Waals surface area contributed by atoms with Crippen LogP contribution >= 0.6 is 11.6 Å². The number of carbonyl (C=O) groups excluding carboxylic acids is 1. The fourth-order valence-corrected chi connectivity index (χ4v) is 1.92. The first-order valence-electron chi connectivity index (χ1n) is 5.79. The maximum Gasteiger partial charge on any atom is 0.333 e. The van der Waals surface area contributed by atoms with Crippen molar-refractivity contribution >= 4 is 23.8 Å². The van der Waals surface area contributed by atoms with E-state index < -0.39 is 12.0 Å². The van der Waals surface area contributed by atoms with Crippen molar-refractivity contribution in [1.29, 1.82) is 0 Å². The van der Waals surface area contributed by atoms with Crippen molar-refractivity contribution in [2.24, 2.45) is 5.16 Å². The number of oxime groups is 1. The molecule has 6 heteroatoms. The van der Waals surface area contributed by atoms with Crippen LogP contribution in [0.3, 0.4) is 0 Å². The highest BCUT2D eigenvalue weighted by molar-refractivity contribution is 6.30. The van der Waals surface area contributed by atoms with Crippen LogP contribution in [-0.4, -0.2) is 30.0 Å². The van der Waals surface area contributed by atoms with Crippen LogP contribution in [0.15, 0.2) is 41.1 Å². The molecule has 0 aromatic heterocycles. The average Bonchev–Trinajstić information content (AvgIpc) is 2.42. The Hall–Kier alpha value is -1.85. The smallest absolute Gasteiger partial charge is 0.333 e. The lowest BCUT2D eigenvalue weighted by Crippen LogP contribution is -2.44. The van der Waals surface area contributed by atoms with E-state index in [1.54, 1.807) is 24.3 Å². The number of nitrogens with one attached hydrogen (secondary N) is 1. The zero-order valence-corrected chi connectivity index (χ0v) is 10.8. The molecule has 0 fully saturated rings. The van der Waals surface area contributed by atoms with Crippen LogP contribution in [0.2, 0.25) is 5.02 Å². The summed E-state index contributed by atoms with van der Waals surface area (Å²) in [6.07, 6.45) is 3.84. The molecule has 0 amide bonds. The first kappa shape index (κ1) is 13.6. The monoisotopic (exact) mass is 280 g/mol. The zero-order valence-electron chi connectivity index (χ0n) is 10.0. The molecule has 1 unspecified atom stereocenters. The Morgan fingerprint density at radius 1 is 1.47 bits per heavy atom. The van der Waals surface area contributed by atoms with E-state index in [1.807, 2.05) is 6.08 Å². The maximum absolute atomic E-state index is 12.0. The summed E-state index contributed by atoms with van der Waals surface area (Å²) in [7, 11) is 0. The molecule has 1 aromatic carbocycles. The van der Waals surface area contributed by atoms with E-state index in [0.717, 1.165) is 6.42 Å². The van der Waals surface area contributed by atoms with E-state index in [0.29, 0.717) is 22.9 Å². The fraction of sp³-hybridized carbons (Fsp3) is 0.231. The third-order valence-corrected chi connectivity index (χ3v) is 2.93. The summed E-state index contributed by atoms with van der Waals surface area (Å²) in [5.41, 5.74) is 0.590. The van der Waals surface area contributed by atoms with Gasteiger partial charge in [0.05, 0.1) is 6.21 Å². The number of esters is 1. The number of hydrogen-bond donors (Lipinski definition) is 2. The molecule has 5 nitrogen and oxygen atoms in total. The minimum absolute atomic E-state index is 0.419. The van der Waals surface area contributed by atoms with Gasteiger partial charge in [0.25, 0.3) is 0 Å². The van der Waals surface area contributed by atoms with Gasteiger partial charge in [-0.2, -0.15) is 0 Å².